The second-order valence-electron chi connectivity index (χ2n) is 7.26. The number of hydrogen-bond acceptors (Lipinski definition) is 3. The van der Waals surface area contributed by atoms with Gasteiger partial charge in [-0.15, -0.1) is 0 Å². The molecule has 0 heterocycles. The molecule has 5 nitrogen and oxygen atoms in total. The molecule has 3 rings (SSSR count). The van der Waals surface area contributed by atoms with E-state index in [-0.39, 0.29) is 18.4 Å². The highest BCUT2D eigenvalue weighted by molar-refractivity contribution is 5.94. The average Bonchev–Trinajstić information content (AvgIpc) is 2.76. The predicted molar refractivity (Wildman–Crippen MR) is 123 cm³/mol. The second-order valence-corrected chi connectivity index (χ2v) is 7.26. The topological polar surface area (TPSA) is 70.2 Å². The van der Waals surface area contributed by atoms with Gasteiger partial charge in [0, 0.05) is 23.5 Å². The molecule has 3 aromatic rings. The molecular weight excluding hydrogens is 374 g/mol. The highest BCUT2D eigenvalue weighted by atomic mass is 16.2. The van der Waals surface area contributed by atoms with Gasteiger partial charge in [0.2, 0.25) is 11.8 Å². The Labute approximate surface area is 177 Å². The molecule has 0 aromatic heterocycles. The van der Waals surface area contributed by atoms with Crippen LogP contribution in [0.25, 0.3) is 0 Å². The van der Waals surface area contributed by atoms with Gasteiger partial charge in [-0.1, -0.05) is 42.5 Å². The van der Waals surface area contributed by atoms with Crippen LogP contribution in [-0.4, -0.2) is 18.4 Å². The molecule has 0 aliphatic carbocycles. The fourth-order valence-electron chi connectivity index (χ4n) is 3.06. The highest BCUT2D eigenvalue weighted by Crippen LogP contribution is 2.18. The summed E-state index contributed by atoms with van der Waals surface area (Å²) in [5, 5.41) is 8.93. The number of carbonyl (C=O) groups excluding carboxylic acids is 2. The Morgan fingerprint density at radius 2 is 1.43 bits per heavy atom. The Morgan fingerprint density at radius 1 is 0.733 bits per heavy atom. The van der Waals surface area contributed by atoms with Crippen LogP contribution in [-0.2, 0) is 16.0 Å². The molecule has 3 aromatic carbocycles. The van der Waals surface area contributed by atoms with E-state index in [0.717, 1.165) is 33.8 Å². The number of anilines is 3. The van der Waals surface area contributed by atoms with Crippen LogP contribution in [0.15, 0.2) is 72.8 Å². The lowest BCUT2D eigenvalue weighted by molar-refractivity contribution is -0.116. The minimum Gasteiger partial charge on any atom is -0.376 e. The summed E-state index contributed by atoms with van der Waals surface area (Å²) >= 11 is 0. The van der Waals surface area contributed by atoms with Gasteiger partial charge in [-0.2, -0.15) is 0 Å². The van der Waals surface area contributed by atoms with E-state index in [9.17, 15) is 9.59 Å². The molecule has 0 aliphatic heterocycles. The van der Waals surface area contributed by atoms with E-state index in [2.05, 4.69) is 16.0 Å². The molecule has 5 heteroatoms. The van der Waals surface area contributed by atoms with Crippen molar-refractivity contribution in [3.05, 3.63) is 89.5 Å². The lowest BCUT2D eigenvalue weighted by Crippen LogP contribution is -2.22. The number of amides is 2. The first-order valence-corrected chi connectivity index (χ1v) is 10.0. The minimum absolute atomic E-state index is 0.0209. The van der Waals surface area contributed by atoms with Crippen LogP contribution in [0.3, 0.4) is 0 Å². The Bertz CT molecular complexity index is 999. The molecule has 0 spiro atoms. The van der Waals surface area contributed by atoms with Gasteiger partial charge in [-0.05, 0) is 67.3 Å². The molecule has 0 saturated heterocycles. The van der Waals surface area contributed by atoms with Crippen LogP contribution in [0.1, 0.15) is 23.1 Å². The van der Waals surface area contributed by atoms with Crippen LogP contribution >= 0.6 is 0 Å². The summed E-state index contributed by atoms with van der Waals surface area (Å²) in [5.74, 6) is -0.130. The van der Waals surface area contributed by atoms with Crippen LogP contribution in [0.2, 0.25) is 0 Å². The third-order valence-electron chi connectivity index (χ3n) is 4.98. The zero-order valence-electron chi connectivity index (χ0n) is 17.4. The summed E-state index contributed by atoms with van der Waals surface area (Å²) < 4.78 is 0. The molecule has 0 saturated carbocycles. The van der Waals surface area contributed by atoms with Gasteiger partial charge >= 0.3 is 0 Å². The van der Waals surface area contributed by atoms with Crippen molar-refractivity contribution < 1.29 is 9.59 Å². The minimum atomic E-state index is -0.109. The number of benzene rings is 3. The monoisotopic (exact) mass is 401 g/mol. The molecular formula is C25H27N3O2. The zero-order valence-corrected chi connectivity index (χ0v) is 17.4. The van der Waals surface area contributed by atoms with Gasteiger partial charge in [0.05, 0.1) is 6.54 Å². The molecule has 30 heavy (non-hydrogen) atoms. The zero-order chi connectivity index (χ0) is 21.3. The predicted octanol–water partition coefficient (Wildman–Crippen LogP) is 4.93. The summed E-state index contributed by atoms with van der Waals surface area (Å²) in [6, 6.07) is 23.1. The molecule has 0 radical (unpaired) electrons. The van der Waals surface area contributed by atoms with Crippen molar-refractivity contribution in [2.45, 2.75) is 26.7 Å². The largest absolute Gasteiger partial charge is 0.376 e. The number of nitrogens with one attached hydrogen (secondary N) is 3. The van der Waals surface area contributed by atoms with E-state index < -0.39 is 0 Å². The SMILES string of the molecule is Cc1cccc(NC(=O)CNc2ccc(NC(=O)CCc3ccccc3)cc2)c1C. The van der Waals surface area contributed by atoms with Crippen LogP contribution in [0.5, 0.6) is 0 Å². The molecule has 0 atom stereocenters. The molecule has 154 valence electrons. The van der Waals surface area contributed by atoms with Gasteiger partial charge in [-0.25, -0.2) is 0 Å². The molecule has 3 N–H and O–H groups in total. The van der Waals surface area contributed by atoms with Crippen molar-refractivity contribution in [3.63, 3.8) is 0 Å². The summed E-state index contributed by atoms with van der Waals surface area (Å²) in [5.41, 5.74) is 5.73. The van der Waals surface area contributed by atoms with Gasteiger partial charge in [0.15, 0.2) is 0 Å². The highest BCUT2D eigenvalue weighted by Gasteiger charge is 2.07. The Balaban J connectivity index is 1.44. The van der Waals surface area contributed by atoms with Crippen LogP contribution < -0.4 is 16.0 Å². The van der Waals surface area contributed by atoms with Crippen molar-refractivity contribution in [3.8, 4) is 0 Å². The third kappa shape index (κ3) is 6.21. The van der Waals surface area contributed by atoms with Gasteiger partial charge in [0.1, 0.15) is 0 Å². The van der Waals surface area contributed by atoms with Gasteiger partial charge in [-0.3, -0.25) is 9.59 Å². The van der Waals surface area contributed by atoms with Gasteiger partial charge in [0.25, 0.3) is 0 Å². The third-order valence-corrected chi connectivity index (χ3v) is 4.98. The number of carbonyl (C=O) groups is 2. The Morgan fingerprint density at radius 3 is 2.17 bits per heavy atom. The van der Waals surface area contributed by atoms with E-state index in [1.165, 1.54) is 0 Å². The average molecular weight is 402 g/mol. The Hall–Kier alpha value is -3.60. The summed E-state index contributed by atoms with van der Waals surface area (Å²) in [6.45, 7) is 4.17. The van der Waals surface area contributed by atoms with Crippen molar-refractivity contribution in [1.29, 1.82) is 0 Å². The molecule has 0 bridgehead atoms. The van der Waals surface area contributed by atoms with Gasteiger partial charge < -0.3 is 16.0 Å². The number of rotatable bonds is 8. The fraction of sp³-hybridized carbons (Fsp3) is 0.200. The number of aryl methyl sites for hydroxylation is 2. The quantitative estimate of drug-likeness (QED) is 0.501. The first kappa shape index (κ1) is 21.1. The van der Waals surface area contributed by atoms with E-state index in [4.69, 9.17) is 0 Å². The maximum atomic E-state index is 12.2. The number of hydrogen-bond donors (Lipinski definition) is 3. The fourth-order valence-corrected chi connectivity index (χ4v) is 3.06. The summed E-state index contributed by atoms with van der Waals surface area (Å²) in [7, 11) is 0. The van der Waals surface area contributed by atoms with E-state index in [0.29, 0.717) is 12.8 Å². The molecule has 2 amide bonds. The molecule has 0 unspecified atom stereocenters. The summed E-state index contributed by atoms with van der Waals surface area (Å²) in [4.78, 5) is 24.4. The van der Waals surface area contributed by atoms with Crippen LogP contribution in [0.4, 0.5) is 17.1 Å². The normalized spacial score (nSPS) is 10.3. The molecule has 0 aliphatic rings. The van der Waals surface area contributed by atoms with E-state index >= 15 is 0 Å². The van der Waals surface area contributed by atoms with Crippen molar-refractivity contribution in [1.82, 2.24) is 0 Å². The second kappa shape index (κ2) is 10.3. The first-order valence-electron chi connectivity index (χ1n) is 10.0. The van der Waals surface area contributed by atoms with E-state index in [1.54, 1.807) is 0 Å². The van der Waals surface area contributed by atoms with Crippen molar-refractivity contribution in [2.24, 2.45) is 0 Å². The first-order chi connectivity index (χ1) is 14.5. The lowest BCUT2D eigenvalue weighted by Gasteiger charge is -2.12. The summed E-state index contributed by atoms with van der Waals surface area (Å²) in [6.07, 6.45) is 1.14. The standard InChI is InChI=1S/C25H27N3O2/c1-18-7-6-10-23(19(18)2)28-25(30)17-26-21-12-14-22(15-13-21)27-24(29)16-11-20-8-4-3-5-9-20/h3-10,12-15,26H,11,16-17H2,1-2H3,(H,27,29)(H,28,30). The van der Waals surface area contributed by atoms with Crippen molar-refractivity contribution in [2.75, 3.05) is 22.5 Å². The Kier molecular flexibility index (Phi) is 7.22. The van der Waals surface area contributed by atoms with Crippen LogP contribution in [0, 0.1) is 13.8 Å². The molecule has 0 fully saturated rings. The maximum Gasteiger partial charge on any atom is 0.243 e. The smallest absolute Gasteiger partial charge is 0.243 e. The maximum absolute atomic E-state index is 12.2. The van der Waals surface area contributed by atoms with E-state index in [1.807, 2.05) is 86.6 Å². The lowest BCUT2D eigenvalue weighted by atomic mass is 10.1. The van der Waals surface area contributed by atoms with Crippen molar-refractivity contribution >= 4 is 28.9 Å².